The molecule has 162 valence electrons. The van der Waals surface area contributed by atoms with Crippen LogP contribution in [0.25, 0.3) is 0 Å². The lowest BCUT2D eigenvalue weighted by Gasteiger charge is -2.55. The maximum Gasteiger partial charge on any atom is 0.246 e. The highest BCUT2D eigenvalue weighted by Crippen LogP contribution is 2.60. The molecule has 2 amide bonds. The Balaban J connectivity index is 1.25. The minimum Gasteiger partial charge on any atom is -0.347 e. The number of hydrogen-bond acceptors (Lipinski definition) is 4. The number of nitrogens with one attached hydrogen (secondary N) is 2. The summed E-state index contributed by atoms with van der Waals surface area (Å²) in [6.45, 7) is 0.501. The number of fused-ring (bicyclic) bond motifs is 1. The average Bonchev–Trinajstić information content (AvgIpc) is 3.14. The molecule has 0 unspecified atom stereocenters. The van der Waals surface area contributed by atoms with Gasteiger partial charge in [0.15, 0.2) is 0 Å². The van der Waals surface area contributed by atoms with E-state index in [1.165, 1.54) is 32.4 Å². The molecule has 1 aliphatic heterocycles. The maximum absolute atomic E-state index is 13.1. The zero-order valence-corrected chi connectivity index (χ0v) is 18.1. The minimum absolute atomic E-state index is 0.00338. The average molecular weight is 432 g/mol. The minimum atomic E-state index is -3.51. The van der Waals surface area contributed by atoms with Gasteiger partial charge in [-0.3, -0.25) is 9.59 Å². The van der Waals surface area contributed by atoms with Gasteiger partial charge in [0, 0.05) is 17.6 Å². The lowest BCUT2D eigenvalue weighted by Crippen LogP contribution is -2.54. The summed E-state index contributed by atoms with van der Waals surface area (Å²) in [5.41, 5.74) is 1.32. The first-order valence-corrected chi connectivity index (χ1v) is 12.4. The molecule has 1 heterocycles. The molecule has 1 aromatic carbocycles. The molecule has 0 saturated heterocycles. The summed E-state index contributed by atoms with van der Waals surface area (Å²) in [7, 11) is -2.13. The molecule has 8 heteroatoms. The second-order valence-corrected chi connectivity index (χ2v) is 11.6. The van der Waals surface area contributed by atoms with Gasteiger partial charge in [-0.1, -0.05) is 0 Å². The molecule has 1 aromatic rings. The summed E-state index contributed by atoms with van der Waals surface area (Å²) < 4.78 is 26.3. The van der Waals surface area contributed by atoms with Crippen LogP contribution in [0.15, 0.2) is 23.1 Å². The number of anilines is 1. The smallest absolute Gasteiger partial charge is 0.246 e. The third-order valence-corrected chi connectivity index (χ3v) is 9.16. The van der Waals surface area contributed by atoms with Crippen molar-refractivity contribution in [3.8, 4) is 0 Å². The fourth-order valence-electron chi connectivity index (χ4n) is 6.75. The van der Waals surface area contributed by atoms with Crippen molar-refractivity contribution in [2.24, 2.45) is 23.2 Å². The molecule has 4 saturated carbocycles. The summed E-state index contributed by atoms with van der Waals surface area (Å²) in [5, 5.41) is 2.96. The number of amides is 2. The Morgan fingerprint density at radius 2 is 1.73 bits per heavy atom. The first-order valence-electron chi connectivity index (χ1n) is 10.9. The van der Waals surface area contributed by atoms with E-state index in [2.05, 4.69) is 10.0 Å². The van der Waals surface area contributed by atoms with Crippen LogP contribution in [0.2, 0.25) is 0 Å². The summed E-state index contributed by atoms with van der Waals surface area (Å²) in [5.74, 6) is 1.98. The van der Waals surface area contributed by atoms with E-state index in [0.717, 1.165) is 30.5 Å². The van der Waals surface area contributed by atoms with Crippen LogP contribution in [-0.2, 0) is 26.0 Å². The summed E-state index contributed by atoms with van der Waals surface area (Å²) in [6.07, 6.45) is 7.39. The molecule has 0 aromatic heterocycles. The van der Waals surface area contributed by atoms with Crippen LogP contribution in [0.4, 0.5) is 5.69 Å². The third-order valence-electron chi connectivity index (χ3n) is 7.75. The Labute approximate surface area is 177 Å². The van der Waals surface area contributed by atoms with Crippen LogP contribution in [0.3, 0.4) is 0 Å². The number of nitrogens with zero attached hydrogens (tertiary/aromatic N) is 1. The normalized spacial score (nSPS) is 31.6. The fourth-order valence-corrected chi connectivity index (χ4v) is 7.53. The SMILES string of the molecule is CNS(=O)(=O)c1ccc2c(c1)CCN2C(=O)CNC(=O)C12CC3CC(CC(C3)C1)C2. The van der Waals surface area contributed by atoms with Gasteiger partial charge in [-0.25, -0.2) is 13.1 Å². The Morgan fingerprint density at radius 1 is 1.10 bits per heavy atom. The highest BCUT2D eigenvalue weighted by atomic mass is 32.2. The van der Waals surface area contributed by atoms with Gasteiger partial charge in [-0.15, -0.1) is 0 Å². The Hall–Kier alpha value is -1.93. The van der Waals surface area contributed by atoms with E-state index in [1.807, 2.05) is 0 Å². The Bertz CT molecular complexity index is 968. The molecular weight excluding hydrogens is 402 g/mol. The Kier molecular flexibility index (Phi) is 4.70. The van der Waals surface area contributed by atoms with E-state index in [-0.39, 0.29) is 28.7 Å². The molecule has 4 bridgehead atoms. The van der Waals surface area contributed by atoms with Crippen molar-refractivity contribution in [2.45, 2.75) is 49.8 Å². The third kappa shape index (κ3) is 3.24. The van der Waals surface area contributed by atoms with E-state index in [1.54, 1.807) is 17.0 Å². The standard InChI is InChI=1S/C22H29N3O4S/c1-23-30(28,29)18-2-3-19-17(9-18)4-5-25(19)20(26)13-24-21(27)22-10-14-6-15(11-22)8-16(7-14)12-22/h2-3,9,14-16,23H,4-8,10-13H2,1H3,(H,24,27). The van der Waals surface area contributed by atoms with Crippen molar-refractivity contribution in [3.05, 3.63) is 23.8 Å². The molecule has 30 heavy (non-hydrogen) atoms. The molecule has 4 fully saturated rings. The van der Waals surface area contributed by atoms with Crippen molar-refractivity contribution < 1.29 is 18.0 Å². The van der Waals surface area contributed by atoms with Gasteiger partial charge < -0.3 is 10.2 Å². The molecule has 0 atom stereocenters. The molecule has 0 radical (unpaired) electrons. The first-order chi connectivity index (χ1) is 14.3. The largest absolute Gasteiger partial charge is 0.347 e. The zero-order chi connectivity index (χ0) is 21.1. The topological polar surface area (TPSA) is 95.6 Å². The van der Waals surface area contributed by atoms with Crippen molar-refractivity contribution >= 4 is 27.5 Å². The number of carbonyl (C=O) groups is 2. The molecular formula is C22H29N3O4S. The molecule has 2 N–H and O–H groups in total. The van der Waals surface area contributed by atoms with Crippen molar-refractivity contribution in [2.75, 3.05) is 25.0 Å². The van der Waals surface area contributed by atoms with Crippen LogP contribution < -0.4 is 14.9 Å². The fraction of sp³-hybridized carbons (Fsp3) is 0.636. The molecule has 7 nitrogen and oxygen atoms in total. The maximum atomic E-state index is 13.1. The lowest BCUT2D eigenvalue weighted by molar-refractivity contribution is -0.147. The molecule has 6 rings (SSSR count). The molecule has 0 spiro atoms. The zero-order valence-electron chi connectivity index (χ0n) is 17.3. The lowest BCUT2D eigenvalue weighted by atomic mass is 9.49. The van der Waals surface area contributed by atoms with Crippen molar-refractivity contribution in [1.82, 2.24) is 10.0 Å². The van der Waals surface area contributed by atoms with Gasteiger partial charge >= 0.3 is 0 Å². The number of sulfonamides is 1. The summed E-state index contributed by atoms with van der Waals surface area (Å²) >= 11 is 0. The van der Waals surface area contributed by atoms with E-state index in [0.29, 0.717) is 30.7 Å². The van der Waals surface area contributed by atoms with Crippen LogP contribution in [0.5, 0.6) is 0 Å². The first kappa shape index (κ1) is 20.0. The highest BCUT2D eigenvalue weighted by Gasteiger charge is 2.54. The highest BCUT2D eigenvalue weighted by molar-refractivity contribution is 7.89. The molecule has 4 aliphatic carbocycles. The number of hydrogen-bond donors (Lipinski definition) is 2. The second-order valence-electron chi connectivity index (χ2n) is 9.67. The second kappa shape index (κ2) is 7.05. The van der Waals surface area contributed by atoms with Gasteiger partial charge in [0.05, 0.1) is 11.4 Å². The van der Waals surface area contributed by atoms with Gasteiger partial charge in [0.1, 0.15) is 0 Å². The van der Waals surface area contributed by atoms with Gasteiger partial charge in [-0.05, 0) is 93.5 Å². The quantitative estimate of drug-likeness (QED) is 0.743. The van der Waals surface area contributed by atoms with Crippen molar-refractivity contribution in [3.63, 3.8) is 0 Å². The van der Waals surface area contributed by atoms with Crippen molar-refractivity contribution in [1.29, 1.82) is 0 Å². The van der Waals surface area contributed by atoms with E-state index >= 15 is 0 Å². The summed E-state index contributed by atoms with van der Waals surface area (Å²) in [4.78, 5) is 27.8. The van der Waals surface area contributed by atoms with E-state index in [4.69, 9.17) is 0 Å². The van der Waals surface area contributed by atoms with Gasteiger partial charge in [0.25, 0.3) is 0 Å². The van der Waals surface area contributed by atoms with E-state index < -0.39 is 10.0 Å². The number of carbonyl (C=O) groups excluding carboxylic acids is 2. The predicted molar refractivity (Wildman–Crippen MR) is 112 cm³/mol. The van der Waals surface area contributed by atoms with Gasteiger partial charge in [-0.2, -0.15) is 0 Å². The van der Waals surface area contributed by atoms with Crippen LogP contribution in [0.1, 0.15) is 44.1 Å². The predicted octanol–water partition coefficient (Wildman–Crippen LogP) is 1.82. The van der Waals surface area contributed by atoms with Crippen LogP contribution >= 0.6 is 0 Å². The monoisotopic (exact) mass is 431 g/mol. The number of benzene rings is 1. The summed E-state index contributed by atoms with van der Waals surface area (Å²) in [6, 6.07) is 4.83. The van der Waals surface area contributed by atoms with E-state index in [9.17, 15) is 18.0 Å². The Morgan fingerprint density at radius 3 is 2.33 bits per heavy atom. The molecule has 5 aliphatic rings. The number of rotatable bonds is 5. The van der Waals surface area contributed by atoms with Crippen LogP contribution in [0, 0.1) is 23.2 Å². The van der Waals surface area contributed by atoms with Crippen LogP contribution in [-0.4, -0.2) is 40.4 Å². The van der Waals surface area contributed by atoms with Gasteiger partial charge in [0.2, 0.25) is 21.8 Å².